The number of carbonyl (C=O) groups excluding carboxylic acids is 1. The summed E-state index contributed by atoms with van der Waals surface area (Å²) in [5.74, 6) is 0. The molecule has 1 unspecified atom stereocenters. The lowest BCUT2D eigenvalue weighted by atomic mass is 9.76. The van der Waals surface area contributed by atoms with Crippen LogP contribution < -0.4 is 0 Å². The van der Waals surface area contributed by atoms with Gasteiger partial charge in [-0.25, -0.2) is 0 Å². The molecule has 1 aromatic heterocycles. The summed E-state index contributed by atoms with van der Waals surface area (Å²) in [5, 5.41) is 2.06. The van der Waals surface area contributed by atoms with E-state index in [4.69, 9.17) is 0 Å². The van der Waals surface area contributed by atoms with Gasteiger partial charge in [0.25, 0.3) is 0 Å². The van der Waals surface area contributed by atoms with Gasteiger partial charge in [-0.15, -0.1) is 11.3 Å². The largest absolute Gasteiger partial charge is 0.302 e. The molecule has 0 N–H and O–H groups in total. The normalized spacial score (nSPS) is 14.2. The number of thiophene rings is 1. The molecule has 1 aromatic carbocycles. The van der Waals surface area contributed by atoms with Gasteiger partial charge in [-0.3, -0.25) is 0 Å². The van der Waals surface area contributed by atoms with Crippen molar-refractivity contribution >= 4 is 17.6 Å². The molecule has 1 nitrogen and oxygen atoms in total. The summed E-state index contributed by atoms with van der Waals surface area (Å²) in [5.41, 5.74) is 0.748. The predicted molar refractivity (Wildman–Crippen MR) is 72.5 cm³/mol. The molecular formula is C15H16OS. The van der Waals surface area contributed by atoms with Gasteiger partial charge in [0.1, 0.15) is 6.29 Å². The minimum Gasteiger partial charge on any atom is -0.302 e. The first-order valence-corrected chi connectivity index (χ1v) is 6.73. The number of carbonyl (C=O) groups is 1. The van der Waals surface area contributed by atoms with E-state index >= 15 is 0 Å². The highest BCUT2D eigenvalue weighted by atomic mass is 32.1. The van der Waals surface area contributed by atoms with E-state index in [-0.39, 0.29) is 5.41 Å². The Morgan fingerprint density at radius 1 is 1.18 bits per heavy atom. The van der Waals surface area contributed by atoms with Gasteiger partial charge in [-0.05, 0) is 29.9 Å². The molecular weight excluding hydrogens is 228 g/mol. The van der Waals surface area contributed by atoms with Gasteiger partial charge < -0.3 is 4.79 Å². The van der Waals surface area contributed by atoms with Crippen molar-refractivity contribution in [3.8, 4) is 0 Å². The predicted octanol–water partition coefficient (Wildman–Crippen LogP) is 3.84. The van der Waals surface area contributed by atoms with Crippen molar-refractivity contribution in [2.75, 3.05) is 0 Å². The molecule has 0 saturated carbocycles. The second-order valence-corrected chi connectivity index (χ2v) is 5.28. The maximum Gasteiger partial charge on any atom is 0.130 e. The standard InChI is InChI=1S/C15H16OS/c1-2-15(12-16,11-14-9-6-10-17-14)13-7-4-3-5-8-13/h3-10,12H,2,11H2,1H3. The number of aldehydes is 1. The van der Waals surface area contributed by atoms with E-state index in [2.05, 4.69) is 18.4 Å². The van der Waals surface area contributed by atoms with Gasteiger partial charge in [0.15, 0.2) is 0 Å². The second kappa shape index (κ2) is 5.28. The lowest BCUT2D eigenvalue weighted by Gasteiger charge is -2.26. The van der Waals surface area contributed by atoms with Crippen molar-refractivity contribution < 1.29 is 4.79 Å². The van der Waals surface area contributed by atoms with E-state index in [1.165, 1.54) is 4.88 Å². The second-order valence-electron chi connectivity index (χ2n) is 4.25. The van der Waals surface area contributed by atoms with Crippen molar-refractivity contribution in [3.63, 3.8) is 0 Å². The van der Waals surface area contributed by atoms with Gasteiger partial charge >= 0.3 is 0 Å². The van der Waals surface area contributed by atoms with Crippen LogP contribution in [0.2, 0.25) is 0 Å². The smallest absolute Gasteiger partial charge is 0.130 e. The Kier molecular flexibility index (Phi) is 3.75. The average Bonchev–Trinajstić information content (AvgIpc) is 2.90. The molecule has 0 saturated heterocycles. The first-order chi connectivity index (χ1) is 8.30. The monoisotopic (exact) mass is 244 g/mol. The third-order valence-electron chi connectivity index (χ3n) is 3.27. The Balaban J connectivity index is 2.36. The first-order valence-electron chi connectivity index (χ1n) is 5.85. The number of benzene rings is 1. The average molecular weight is 244 g/mol. The fourth-order valence-electron chi connectivity index (χ4n) is 2.12. The van der Waals surface area contributed by atoms with Gasteiger partial charge in [-0.2, -0.15) is 0 Å². The molecule has 2 heteroatoms. The molecule has 0 aliphatic rings. The van der Waals surface area contributed by atoms with Crippen molar-refractivity contribution in [2.24, 2.45) is 0 Å². The van der Waals surface area contributed by atoms with Gasteiger partial charge in [0.2, 0.25) is 0 Å². The van der Waals surface area contributed by atoms with E-state index in [9.17, 15) is 4.79 Å². The zero-order chi connectivity index (χ0) is 12.1. The molecule has 0 aliphatic carbocycles. The van der Waals surface area contributed by atoms with Gasteiger partial charge in [-0.1, -0.05) is 43.3 Å². The highest BCUT2D eigenvalue weighted by Gasteiger charge is 2.30. The van der Waals surface area contributed by atoms with Crippen molar-refractivity contribution in [1.82, 2.24) is 0 Å². The highest BCUT2D eigenvalue weighted by Crippen LogP contribution is 2.31. The van der Waals surface area contributed by atoms with Crippen LogP contribution in [0.1, 0.15) is 23.8 Å². The summed E-state index contributed by atoms with van der Waals surface area (Å²) in [6.45, 7) is 2.08. The first kappa shape index (κ1) is 12.1. The molecule has 0 bridgehead atoms. The van der Waals surface area contributed by atoms with Crippen LogP contribution in [0.4, 0.5) is 0 Å². The third kappa shape index (κ3) is 2.47. The summed E-state index contributed by atoms with van der Waals surface area (Å²) in [6.07, 6.45) is 2.75. The van der Waals surface area contributed by atoms with E-state index in [1.807, 2.05) is 36.4 Å². The zero-order valence-electron chi connectivity index (χ0n) is 9.93. The Bertz CT molecular complexity index is 461. The van der Waals surface area contributed by atoms with Crippen LogP contribution in [0.15, 0.2) is 47.8 Å². The van der Waals surface area contributed by atoms with E-state index in [0.717, 1.165) is 24.7 Å². The molecule has 1 heterocycles. The van der Waals surface area contributed by atoms with Crippen LogP contribution >= 0.6 is 11.3 Å². The van der Waals surface area contributed by atoms with Crippen LogP contribution in [0.3, 0.4) is 0 Å². The number of hydrogen-bond acceptors (Lipinski definition) is 2. The van der Waals surface area contributed by atoms with Gasteiger partial charge in [0, 0.05) is 4.88 Å². The highest BCUT2D eigenvalue weighted by molar-refractivity contribution is 7.09. The maximum atomic E-state index is 11.6. The fraction of sp³-hybridized carbons (Fsp3) is 0.267. The summed E-state index contributed by atoms with van der Waals surface area (Å²) in [7, 11) is 0. The molecule has 88 valence electrons. The Morgan fingerprint density at radius 2 is 1.94 bits per heavy atom. The van der Waals surface area contributed by atoms with E-state index in [1.54, 1.807) is 11.3 Å². The number of rotatable bonds is 5. The van der Waals surface area contributed by atoms with Crippen molar-refractivity contribution in [1.29, 1.82) is 0 Å². The molecule has 0 radical (unpaired) electrons. The molecule has 0 aliphatic heterocycles. The fourth-order valence-corrected chi connectivity index (χ4v) is 2.95. The minimum absolute atomic E-state index is 0.369. The molecule has 0 amide bonds. The molecule has 1 atom stereocenters. The third-order valence-corrected chi connectivity index (χ3v) is 4.15. The van der Waals surface area contributed by atoms with Crippen LogP contribution in [-0.2, 0) is 16.6 Å². The quantitative estimate of drug-likeness (QED) is 0.730. The lowest BCUT2D eigenvalue weighted by Crippen LogP contribution is -2.29. The summed E-state index contributed by atoms with van der Waals surface area (Å²) >= 11 is 1.72. The summed E-state index contributed by atoms with van der Waals surface area (Å²) in [4.78, 5) is 12.9. The lowest BCUT2D eigenvalue weighted by molar-refractivity contribution is -0.112. The SMILES string of the molecule is CCC(C=O)(Cc1cccs1)c1ccccc1. The topological polar surface area (TPSA) is 17.1 Å². The molecule has 2 aromatic rings. The van der Waals surface area contributed by atoms with Crippen LogP contribution in [0.25, 0.3) is 0 Å². The van der Waals surface area contributed by atoms with Crippen LogP contribution in [0.5, 0.6) is 0 Å². The molecule has 2 rings (SSSR count). The van der Waals surface area contributed by atoms with Crippen molar-refractivity contribution in [3.05, 3.63) is 58.3 Å². The molecule has 0 spiro atoms. The minimum atomic E-state index is -0.369. The summed E-state index contributed by atoms with van der Waals surface area (Å²) < 4.78 is 0. The van der Waals surface area contributed by atoms with Crippen LogP contribution in [0, 0.1) is 0 Å². The Hall–Kier alpha value is -1.41. The maximum absolute atomic E-state index is 11.6. The molecule has 17 heavy (non-hydrogen) atoms. The van der Waals surface area contributed by atoms with Gasteiger partial charge in [0.05, 0.1) is 5.41 Å². The summed E-state index contributed by atoms with van der Waals surface area (Å²) in [6, 6.07) is 14.2. The van der Waals surface area contributed by atoms with E-state index < -0.39 is 0 Å². The van der Waals surface area contributed by atoms with Crippen LogP contribution in [-0.4, -0.2) is 6.29 Å². The molecule has 0 fully saturated rings. The Morgan fingerprint density at radius 3 is 2.47 bits per heavy atom. The zero-order valence-corrected chi connectivity index (χ0v) is 10.7. The van der Waals surface area contributed by atoms with E-state index in [0.29, 0.717) is 0 Å². The van der Waals surface area contributed by atoms with Crippen molar-refractivity contribution in [2.45, 2.75) is 25.2 Å². The Labute approximate surface area is 106 Å². The number of hydrogen-bond donors (Lipinski definition) is 0.